The zero-order valence-electron chi connectivity index (χ0n) is 16.7. The molecule has 3 atom stereocenters. The molecular formula is C21H21F3N4O3. The van der Waals surface area contributed by atoms with Crippen molar-refractivity contribution in [3.8, 4) is 17.0 Å². The molecule has 2 aromatic rings. The minimum atomic E-state index is -3.07. The number of amides is 1. The van der Waals surface area contributed by atoms with E-state index in [4.69, 9.17) is 4.74 Å². The third-order valence-electron chi connectivity index (χ3n) is 6.18. The third kappa shape index (κ3) is 3.20. The molecule has 2 unspecified atom stereocenters. The zero-order chi connectivity index (χ0) is 21.9. The van der Waals surface area contributed by atoms with Crippen molar-refractivity contribution in [1.82, 2.24) is 15.3 Å². The Morgan fingerprint density at radius 1 is 1.35 bits per heavy atom. The molecule has 0 spiro atoms. The van der Waals surface area contributed by atoms with Gasteiger partial charge in [-0.3, -0.25) is 4.79 Å². The van der Waals surface area contributed by atoms with E-state index < -0.39 is 24.8 Å². The van der Waals surface area contributed by atoms with E-state index in [9.17, 15) is 23.1 Å². The molecule has 0 radical (unpaired) electrons. The Labute approximate surface area is 176 Å². The van der Waals surface area contributed by atoms with Gasteiger partial charge in [-0.1, -0.05) is 6.07 Å². The summed E-state index contributed by atoms with van der Waals surface area (Å²) in [5, 5.41) is 12.4. The molecule has 31 heavy (non-hydrogen) atoms. The Morgan fingerprint density at radius 3 is 2.87 bits per heavy atom. The van der Waals surface area contributed by atoms with Crippen LogP contribution in [0.2, 0.25) is 0 Å². The number of carbonyl (C=O) groups excluding carboxylic acids is 1. The number of carbonyl (C=O) groups is 1. The van der Waals surface area contributed by atoms with Gasteiger partial charge in [-0.2, -0.15) is 8.78 Å². The van der Waals surface area contributed by atoms with Crippen LogP contribution in [0, 0.1) is 0 Å². The van der Waals surface area contributed by atoms with Crippen molar-refractivity contribution in [2.75, 3.05) is 24.7 Å². The Bertz CT molecular complexity index is 1060. The van der Waals surface area contributed by atoms with Crippen molar-refractivity contribution in [1.29, 1.82) is 0 Å². The number of alkyl halides is 3. The molecule has 1 aromatic heterocycles. The lowest BCUT2D eigenvalue weighted by Crippen LogP contribution is -2.59. The molecule has 10 heteroatoms. The molecule has 1 amide bonds. The van der Waals surface area contributed by atoms with Crippen molar-refractivity contribution in [3.05, 3.63) is 35.0 Å². The summed E-state index contributed by atoms with van der Waals surface area (Å²) in [6.07, 6.45) is -1.65. The van der Waals surface area contributed by atoms with Gasteiger partial charge in [-0.15, -0.1) is 0 Å². The van der Waals surface area contributed by atoms with Crippen LogP contribution in [0.4, 0.5) is 19.1 Å². The van der Waals surface area contributed by atoms with Crippen LogP contribution in [0.15, 0.2) is 18.2 Å². The van der Waals surface area contributed by atoms with Gasteiger partial charge in [-0.25, -0.2) is 14.4 Å². The average molecular weight is 434 g/mol. The average Bonchev–Trinajstić information content (AvgIpc) is 2.97. The lowest BCUT2D eigenvalue weighted by molar-refractivity contribution is -0.00603. The molecular weight excluding hydrogens is 413 g/mol. The molecule has 0 bridgehead atoms. The van der Waals surface area contributed by atoms with Crippen molar-refractivity contribution in [2.24, 2.45) is 0 Å². The molecule has 1 fully saturated rings. The van der Waals surface area contributed by atoms with E-state index in [0.717, 1.165) is 0 Å². The summed E-state index contributed by atoms with van der Waals surface area (Å²) in [4.78, 5) is 22.7. The number of aromatic nitrogens is 2. The van der Waals surface area contributed by atoms with Crippen LogP contribution in [0.25, 0.3) is 11.3 Å². The summed E-state index contributed by atoms with van der Waals surface area (Å²) < 4.78 is 48.0. The molecule has 5 rings (SSSR count). The summed E-state index contributed by atoms with van der Waals surface area (Å²) in [5.41, 5.74) is 1.10. The number of β-amino-alcohol motifs (C(OH)–C–C–N with tert-alkyl or cyclic N) is 1. The maximum atomic E-state index is 14.6. The van der Waals surface area contributed by atoms with Crippen molar-refractivity contribution in [2.45, 2.75) is 43.9 Å². The highest BCUT2D eigenvalue weighted by Gasteiger charge is 2.45. The van der Waals surface area contributed by atoms with E-state index in [1.807, 2.05) is 0 Å². The van der Waals surface area contributed by atoms with E-state index in [1.165, 1.54) is 6.07 Å². The van der Waals surface area contributed by atoms with Gasteiger partial charge in [0.15, 0.2) is 0 Å². The minimum absolute atomic E-state index is 0.0355. The standard InChI is InChI=1S/C21H21F3N4O3/c1-10-15(29)9-28(10)20-26-17(14-4-5-21(23,24)18(14)27-20)11-2-3-13-16(6-11)31-12(7-22)8-25-19(13)30/h2-3,6,10,12,15,29H,4-5,7-9H2,1H3,(H,25,30)/t10-,12?,15?/m0/s1. The van der Waals surface area contributed by atoms with Gasteiger partial charge < -0.3 is 20.1 Å². The van der Waals surface area contributed by atoms with Crippen molar-refractivity contribution in [3.63, 3.8) is 0 Å². The number of hydrogen-bond donors (Lipinski definition) is 2. The molecule has 1 aromatic carbocycles. The number of anilines is 1. The molecule has 1 saturated heterocycles. The number of nitrogens with zero attached hydrogens (tertiary/aromatic N) is 3. The second-order valence-corrected chi connectivity index (χ2v) is 8.18. The lowest BCUT2D eigenvalue weighted by atomic mass is 10.0. The van der Waals surface area contributed by atoms with Crippen LogP contribution in [-0.4, -0.2) is 59.0 Å². The van der Waals surface area contributed by atoms with Gasteiger partial charge >= 0.3 is 0 Å². The van der Waals surface area contributed by atoms with Gasteiger partial charge in [0.25, 0.3) is 11.8 Å². The van der Waals surface area contributed by atoms with Crippen molar-refractivity contribution < 1.29 is 27.8 Å². The van der Waals surface area contributed by atoms with E-state index in [1.54, 1.807) is 24.0 Å². The highest BCUT2D eigenvalue weighted by molar-refractivity contribution is 5.98. The SMILES string of the molecule is C[C@H]1C(O)CN1c1nc(-c2ccc3c(c2)OC(CF)CNC3=O)c2c(n1)C(F)(F)CC2. The second-order valence-electron chi connectivity index (χ2n) is 8.18. The van der Waals surface area contributed by atoms with Crippen LogP contribution < -0.4 is 15.0 Å². The van der Waals surface area contributed by atoms with E-state index in [0.29, 0.717) is 16.8 Å². The number of halogens is 3. The molecule has 3 heterocycles. The van der Waals surface area contributed by atoms with Gasteiger partial charge in [-0.05, 0) is 25.5 Å². The molecule has 1 aliphatic carbocycles. The fraction of sp³-hybridized carbons (Fsp3) is 0.476. The smallest absolute Gasteiger partial charge is 0.290 e. The first-order valence-corrected chi connectivity index (χ1v) is 10.2. The summed E-state index contributed by atoms with van der Waals surface area (Å²) in [7, 11) is 0. The van der Waals surface area contributed by atoms with E-state index in [-0.39, 0.29) is 60.8 Å². The van der Waals surface area contributed by atoms with Gasteiger partial charge in [0.1, 0.15) is 24.2 Å². The fourth-order valence-corrected chi connectivity index (χ4v) is 4.20. The third-order valence-corrected chi connectivity index (χ3v) is 6.18. The van der Waals surface area contributed by atoms with Crippen LogP contribution >= 0.6 is 0 Å². The highest BCUT2D eigenvalue weighted by Crippen LogP contribution is 2.45. The second kappa shape index (κ2) is 7.08. The lowest BCUT2D eigenvalue weighted by Gasteiger charge is -2.43. The predicted molar refractivity (Wildman–Crippen MR) is 105 cm³/mol. The minimum Gasteiger partial charge on any atom is -0.485 e. The number of hydrogen-bond acceptors (Lipinski definition) is 6. The fourth-order valence-electron chi connectivity index (χ4n) is 4.20. The van der Waals surface area contributed by atoms with Crippen LogP contribution in [0.3, 0.4) is 0 Å². The predicted octanol–water partition coefficient (Wildman–Crippen LogP) is 2.21. The first-order valence-electron chi connectivity index (χ1n) is 10.2. The Morgan fingerprint density at radius 2 is 2.16 bits per heavy atom. The van der Waals surface area contributed by atoms with E-state index in [2.05, 4.69) is 15.3 Å². The topological polar surface area (TPSA) is 87.6 Å². The van der Waals surface area contributed by atoms with Crippen LogP contribution in [-0.2, 0) is 12.3 Å². The monoisotopic (exact) mass is 434 g/mol. The number of aliphatic hydroxyl groups excluding tert-OH is 1. The summed E-state index contributed by atoms with van der Waals surface area (Å²) in [6, 6.07) is 4.40. The highest BCUT2D eigenvalue weighted by atomic mass is 19.3. The van der Waals surface area contributed by atoms with Gasteiger partial charge in [0, 0.05) is 24.1 Å². The molecule has 3 aliphatic rings. The molecule has 2 N–H and O–H groups in total. The summed E-state index contributed by atoms with van der Waals surface area (Å²) in [6.45, 7) is 1.29. The van der Waals surface area contributed by atoms with Crippen LogP contribution in [0.1, 0.15) is 35.0 Å². The number of fused-ring (bicyclic) bond motifs is 2. The number of aliphatic hydroxyl groups is 1. The summed E-state index contributed by atoms with van der Waals surface area (Å²) in [5.74, 6) is -3.15. The number of benzene rings is 1. The van der Waals surface area contributed by atoms with Gasteiger partial charge in [0.05, 0.1) is 29.9 Å². The normalized spacial score (nSPS) is 26.3. The molecule has 2 aliphatic heterocycles. The largest absolute Gasteiger partial charge is 0.485 e. The Kier molecular flexibility index (Phi) is 4.58. The van der Waals surface area contributed by atoms with E-state index >= 15 is 0 Å². The maximum Gasteiger partial charge on any atom is 0.290 e. The van der Waals surface area contributed by atoms with Gasteiger partial charge in [0.2, 0.25) is 5.95 Å². The molecule has 0 saturated carbocycles. The molecule has 164 valence electrons. The summed E-state index contributed by atoms with van der Waals surface area (Å²) >= 11 is 0. The molecule has 7 nitrogen and oxygen atoms in total. The zero-order valence-corrected chi connectivity index (χ0v) is 16.7. The number of rotatable bonds is 3. The Balaban J connectivity index is 1.63. The number of nitrogens with one attached hydrogen (secondary N) is 1. The first kappa shape index (κ1) is 20.0. The first-order chi connectivity index (χ1) is 14.8. The quantitative estimate of drug-likeness (QED) is 0.771. The van der Waals surface area contributed by atoms with Crippen LogP contribution in [0.5, 0.6) is 5.75 Å². The number of ether oxygens (including phenoxy) is 1. The maximum absolute atomic E-state index is 14.6. The Hall–Kier alpha value is -2.88. The van der Waals surface area contributed by atoms with Crippen molar-refractivity contribution >= 4 is 11.9 Å².